The summed E-state index contributed by atoms with van der Waals surface area (Å²) < 4.78 is 44.2. The van der Waals surface area contributed by atoms with Crippen LogP contribution in [0.25, 0.3) is 0 Å². The number of sulfonamides is 1. The van der Waals surface area contributed by atoms with Crippen molar-refractivity contribution in [3.05, 3.63) is 23.8 Å². The SMILES string of the molecule is Cc1ccc(S(N)(=O)=O)cc1NC(=O)C(C)(C)S(C)(=O)=O. The van der Waals surface area contributed by atoms with Crippen LogP contribution in [0, 0.1) is 6.92 Å². The second-order valence-corrected chi connectivity index (χ2v) is 9.38. The van der Waals surface area contributed by atoms with Gasteiger partial charge in [0.25, 0.3) is 0 Å². The van der Waals surface area contributed by atoms with E-state index >= 15 is 0 Å². The van der Waals surface area contributed by atoms with Crippen LogP contribution >= 0.6 is 0 Å². The summed E-state index contributed by atoms with van der Waals surface area (Å²) in [5.74, 6) is -0.750. The van der Waals surface area contributed by atoms with Crippen molar-refractivity contribution in [3.63, 3.8) is 0 Å². The van der Waals surface area contributed by atoms with E-state index in [-0.39, 0.29) is 10.6 Å². The summed E-state index contributed by atoms with van der Waals surface area (Å²) in [6.07, 6.45) is 0.959. The number of sulfone groups is 1. The zero-order valence-electron chi connectivity index (χ0n) is 12.2. The fourth-order valence-corrected chi connectivity index (χ4v) is 2.28. The number of aryl methyl sites for hydroxylation is 1. The number of nitrogens with two attached hydrogens (primary N) is 1. The second kappa shape index (κ2) is 5.39. The van der Waals surface area contributed by atoms with Crippen LogP contribution in [0.1, 0.15) is 19.4 Å². The number of anilines is 1. The van der Waals surface area contributed by atoms with E-state index < -0.39 is 30.5 Å². The Morgan fingerprint density at radius 2 is 1.71 bits per heavy atom. The standard InChI is InChI=1S/C12H18N2O5S2/c1-8-5-6-9(21(13,18)19)7-10(8)14-11(15)12(2,3)20(4,16)17/h5-7H,1-4H3,(H,14,15)(H2,13,18,19). The highest BCUT2D eigenvalue weighted by molar-refractivity contribution is 7.92. The Hall–Kier alpha value is -1.45. The first-order valence-electron chi connectivity index (χ1n) is 5.91. The smallest absolute Gasteiger partial charge is 0.245 e. The van der Waals surface area contributed by atoms with Gasteiger partial charge in [0.15, 0.2) is 9.84 Å². The molecule has 1 aromatic carbocycles. The normalized spacial score (nSPS) is 13.0. The molecule has 0 aliphatic rings. The van der Waals surface area contributed by atoms with E-state index in [1.807, 2.05) is 0 Å². The molecule has 1 aromatic rings. The van der Waals surface area contributed by atoms with Crippen LogP contribution < -0.4 is 10.5 Å². The van der Waals surface area contributed by atoms with Crippen LogP contribution in [0.15, 0.2) is 23.1 Å². The topological polar surface area (TPSA) is 123 Å². The Morgan fingerprint density at radius 1 is 1.19 bits per heavy atom. The average molecular weight is 334 g/mol. The van der Waals surface area contributed by atoms with Gasteiger partial charge < -0.3 is 5.32 Å². The Morgan fingerprint density at radius 3 is 2.14 bits per heavy atom. The molecule has 0 aliphatic carbocycles. The maximum Gasteiger partial charge on any atom is 0.245 e. The van der Waals surface area contributed by atoms with E-state index in [2.05, 4.69) is 5.32 Å². The fourth-order valence-electron chi connectivity index (χ4n) is 1.35. The molecule has 1 amide bonds. The minimum atomic E-state index is -3.91. The van der Waals surface area contributed by atoms with E-state index in [0.29, 0.717) is 5.56 Å². The number of primary sulfonamides is 1. The van der Waals surface area contributed by atoms with Crippen LogP contribution in [-0.4, -0.2) is 33.7 Å². The second-order valence-electron chi connectivity index (χ2n) is 5.26. The van der Waals surface area contributed by atoms with E-state index in [1.54, 1.807) is 6.92 Å². The lowest BCUT2D eigenvalue weighted by Gasteiger charge is -2.22. The maximum absolute atomic E-state index is 12.1. The molecule has 1 rings (SSSR count). The van der Waals surface area contributed by atoms with Crippen LogP contribution in [0.3, 0.4) is 0 Å². The van der Waals surface area contributed by atoms with Gasteiger partial charge >= 0.3 is 0 Å². The van der Waals surface area contributed by atoms with Crippen molar-refractivity contribution in [1.82, 2.24) is 0 Å². The van der Waals surface area contributed by atoms with Gasteiger partial charge in [-0.2, -0.15) is 0 Å². The predicted octanol–water partition coefficient (Wildman–Crippen LogP) is 0.404. The number of carbonyl (C=O) groups is 1. The molecule has 7 nitrogen and oxygen atoms in total. The van der Waals surface area contributed by atoms with Gasteiger partial charge in [0.2, 0.25) is 15.9 Å². The minimum absolute atomic E-state index is 0.166. The summed E-state index contributed by atoms with van der Waals surface area (Å²) in [5.41, 5.74) is 0.781. The Labute approximate surface area is 124 Å². The molecule has 0 radical (unpaired) electrons. The molecule has 0 aromatic heterocycles. The lowest BCUT2D eigenvalue weighted by molar-refractivity contribution is -0.117. The number of amides is 1. The molecule has 0 atom stereocenters. The molecule has 0 saturated carbocycles. The molecule has 0 aliphatic heterocycles. The first kappa shape index (κ1) is 17.6. The number of hydrogen-bond acceptors (Lipinski definition) is 5. The molecule has 0 spiro atoms. The van der Waals surface area contributed by atoms with Crippen LogP contribution in [-0.2, 0) is 24.7 Å². The van der Waals surface area contributed by atoms with Gasteiger partial charge in [0, 0.05) is 11.9 Å². The molecule has 9 heteroatoms. The summed E-state index contributed by atoms with van der Waals surface area (Å²) in [4.78, 5) is 12.0. The quantitative estimate of drug-likeness (QED) is 0.825. The van der Waals surface area contributed by atoms with Crippen molar-refractivity contribution in [2.75, 3.05) is 11.6 Å². The van der Waals surface area contributed by atoms with E-state index in [9.17, 15) is 21.6 Å². The summed E-state index contributed by atoms with van der Waals surface area (Å²) in [6.45, 7) is 4.20. The highest BCUT2D eigenvalue weighted by atomic mass is 32.2. The molecular weight excluding hydrogens is 316 g/mol. The lowest BCUT2D eigenvalue weighted by atomic mass is 10.1. The third-order valence-electron chi connectivity index (χ3n) is 3.26. The van der Waals surface area contributed by atoms with Gasteiger partial charge in [-0.05, 0) is 38.5 Å². The van der Waals surface area contributed by atoms with Gasteiger partial charge in [0.1, 0.15) is 4.75 Å². The van der Waals surface area contributed by atoms with Crippen molar-refractivity contribution < 1.29 is 21.6 Å². The van der Waals surface area contributed by atoms with Gasteiger partial charge in [0.05, 0.1) is 4.90 Å². The monoisotopic (exact) mass is 334 g/mol. The lowest BCUT2D eigenvalue weighted by Crippen LogP contribution is -2.44. The van der Waals surface area contributed by atoms with Crippen molar-refractivity contribution in [2.45, 2.75) is 30.4 Å². The van der Waals surface area contributed by atoms with Crippen LogP contribution in [0.5, 0.6) is 0 Å². The largest absolute Gasteiger partial charge is 0.324 e. The van der Waals surface area contributed by atoms with Crippen molar-refractivity contribution >= 4 is 31.5 Å². The number of nitrogens with one attached hydrogen (secondary N) is 1. The van der Waals surface area contributed by atoms with Gasteiger partial charge in [-0.15, -0.1) is 0 Å². The van der Waals surface area contributed by atoms with Gasteiger partial charge in [-0.1, -0.05) is 6.07 Å². The molecule has 0 saturated heterocycles. The first-order valence-corrected chi connectivity index (χ1v) is 9.35. The molecule has 21 heavy (non-hydrogen) atoms. The van der Waals surface area contributed by atoms with Crippen molar-refractivity contribution in [3.8, 4) is 0 Å². The number of benzene rings is 1. The third kappa shape index (κ3) is 3.80. The molecule has 118 valence electrons. The van der Waals surface area contributed by atoms with Crippen molar-refractivity contribution in [2.24, 2.45) is 5.14 Å². The number of rotatable bonds is 4. The molecule has 0 fully saturated rings. The Bertz CT molecular complexity index is 780. The summed E-state index contributed by atoms with van der Waals surface area (Å²) in [5, 5.41) is 7.46. The maximum atomic E-state index is 12.1. The van der Waals surface area contributed by atoms with Crippen LogP contribution in [0.2, 0.25) is 0 Å². The summed E-state index contributed by atoms with van der Waals surface area (Å²) >= 11 is 0. The molecule has 0 bridgehead atoms. The third-order valence-corrected chi connectivity index (χ3v) is 6.21. The van der Waals surface area contributed by atoms with E-state index in [1.165, 1.54) is 32.0 Å². The first-order chi connectivity index (χ1) is 9.26. The molecule has 3 N–H and O–H groups in total. The zero-order valence-corrected chi connectivity index (χ0v) is 13.8. The van der Waals surface area contributed by atoms with E-state index in [0.717, 1.165) is 6.26 Å². The highest BCUT2D eigenvalue weighted by Gasteiger charge is 2.38. The zero-order chi connectivity index (χ0) is 16.6. The average Bonchev–Trinajstić information content (AvgIpc) is 2.28. The minimum Gasteiger partial charge on any atom is -0.324 e. The van der Waals surface area contributed by atoms with Gasteiger partial charge in [-0.3, -0.25) is 4.79 Å². The fraction of sp³-hybridized carbons (Fsp3) is 0.417. The Kier molecular flexibility index (Phi) is 4.52. The van der Waals surface area contributed by atoms with Gasteiger partial charge in [-0.25, -0.2) is 22.0 Å². The molecule has 0 unspecified atom stereocenters. The highest BCUT2D eigenvalue weighted by Crippen LogP contribution is 2.23. The summed E-state index contributed by atoms with van der Waals surface area (Å²) in [6, 6.07) is 3.98. The number of hydrogen-bond donors (Lipinski definition) is 2. The van der Waals surface area contributed by atoms with Crippen molar-refractivity contribution in [1.29, 1.82) is 0 Å². The van der Waals surface area contributed by atoms with E-state index in [4.69, 9.17) is 5.14 Å². The Balaban J connectivity index is 3.24. The van der Waals surface area contributed by atoms with Crippen LogP contribution in [0.4, 0.5) is 5.69 Å². The number of carbonyl (C=O) groups excluding carboxylic acids is 1. The molecular formula is C12H18N2O5S2. The summed E-state index contributed by atoms with van der Waals surface area (Å²) in [7, 11) is -7.54. The predicted molar refractivity (Wildman–Crippen MR) is 80.1 cm³/mol. The molecule has 0 heterocycles.